The van der Waals surface area contributed by atoms with E-state index in [0.29, 0.717) is 22.1 Å². The minimum Gasteiger partial charge on any atom is -0.484 e. The zero-order valence-corrected chi connectivity index (χ0v) is 13.9. The molecule has 0 unspecified atom stereocenters. The molecule has 2 aromatic heterocycles. The molecule has 0 radical (unpaired) electrons. The lowest BCUT2D eigenvalue weighted by Gasteiger charge is -2.10. The van der Waals surface area contributed by atoms with Crippen molar-refractivity contribution >= 4 is 21.8 Å². The number of aryl methyl sites for hydroxylation is 1. The Morgan fingerprint density at radius 2 is 1.96 bits per heavy atom. The molecule has 5 nitrogen and oxygen atoms in total. The molecular formula is C16H14F3N3O2S. The van der Waals surface area contributed by atoms with Crippen molar-refractivity contribution in [1.82, 2.24) is 15.0 Å². The highest BCUT2D eigenvalue weighted by Gasteiger charge is 2.28. The van der Waals surface area contributed by atoms with E-state index in [2.05, 4.69) is 15.0 Å². The van der Waals surface area contributed by atoms with E-state index >= 15 is 0 Å². The molecule has 3 rings (SSSR count). The van der Waals surface area contributed by atoms with E-state index in [1.807, 2.05) is 18.2 Å². The van der Waals surface area contributed by atoms with Gasteiger partial charge in [-0.15, -0.1) is 0 Å². The minimum atomic E-state index is -4.42. The quantitative estimate of drug-likeness (QED) is 0.747. The number of hydrogen-bond acceptors (Lipinski definition) is 4. The Balaban J connectivity index is 1.77. The van der Waals surface area contributed by atoms with Gasteiger partial charge in [0.1, 0.15) is 5.75 Å². The van der Waals surface area contributed by atoms with Crippen LogP contribution in [-0.4, -0.2) is 31.9 Å². The second-order valence-electron chi connectivity index (χ2n) is 5.39. The number of pyridine rings is 1. The van der Waals surface area contributed by atoms with Gasteiger partial charge in [0.2, 0.25) is 0 Å². The van der Waals surface area contributed by atoms with Gasteiger partial charge < -0.3 is 9.72 Å². The number of fused-ring (bicyclic) bond motifs is 1. The van der Waals surface area contributed by atoms with Crippen LogP contribution in [0.15, 0.2) is 41.6 Å². The van der Waals surface area contributed by atoms with E-state index in [4.69, 9.17) is 4.74 Å². The number of aromatic nitrogens is 3. The molecule has 0 aliphatic heterocycles. The molecule has 0 amide bonds. The summed E-state index contributed by atoms with van der Waals surface area (Å²) in [5, 5.41) is 0.294. The van der Waals surface area contributed by atoms with Gasteiger partial charge in [-0.1, -0.05) is 12.1 Å². The number of rotatable bonds is 5. The van der Waals surface area contributed by atoms with Crippen LogP contribution in [0.5, 0.6) is 5.75 Å². The lowest BCUT2D eigenvalue weighted by atomic mass is 10.3. The highest BCUT2D eigenvalue weighted by Crippen LogP contribution is 2.21. The van der Waals surface area contributed by atoms with E-state index in [0.717, 1.165) is 5.52 Å². The smallest absolute Gasteiger partial charge is 0.422 e. The third kappa shape index (κ3) is 4.56. The molecule has 1 N–H and O–H groups in total. The molecular weight excluding hydrogens is 355 g/mol. The summed E-state index contributed by atoms with van der Waals surface area (Å²) in [7, 11) is -1.51. The molecule has 0 aliphatic carbocycles. The number of nitrogens with zero attached hydrogens (tertiary/aromatic N) is 2. The lowest BCUT2D eigenvalue weighted by Crippen LogP contribution is -2.19. The van der Waals surface area contributed by atoms with Crippen molar-refractivity contribution in [1.29, 1.82) is 0 Å². The summed E-state index contributed by atoms with van der Waals surface area (Å²) in [5.74, 6) is 0.0607. The molecule has 3 aromatic rings. The Bertz CT molecular complexity index is 891. The van der Waals surface area contributed by atoms with Crippen LogP contribution in [0.4, 0.5) is 13.2 Å². The van der Waals surface area contributed by atoms with Gasteiger partial charge in [-0.2, -0.15) is 13.2 Å². The second kappa shape index (κ2) is 6.83. The van der Waals surface area contributed by atoms with Crippen molar-refractivity contribution in [3.8, 4) is 5.75 Å². The maximum atomic E-state index is 12.5. The average Bonchev–Trinajstić information content (AvgIpc) is 2.96. The molecule has 2 heterocycles. The van der Waals surface area contributed by atoms with Crippen molar-refractivity contribution in [2.45, 2.75) is 24.0 Å². The maximum absolute atomic E-state index is 12.5. The largest absolute Gasteiger partial charge is 0.484 e. The number of nitrogens with one attached hydrogen (secondary N) is 1. The Morgan fingerprint density at radius 1 is 1.20 bits per heavy atom. The van der Waals surface area contributed by atoms with Gasteiger partial charge in [0.25, 0.3) is 0 Å². The fourth-order valence-corrected chi connectivity index (χ4v) is 3.24. The summed E-state index contributed by atoms with van der Waals surface area (Å²) in [6.45, 7) is 0.247. The third-order valence-corrected chi connectivity index (χ3v) is 4.43. The molecule has 0 saturated heterocycles. The Labute approximate surface area is 143 Å². The number of ether oxygens (including phenoxy) is 1. The average molecular weight is 369 g/mol. The molecule has 9 heteroatoms. The van der Waals surface area contributed by atoms with Gasteiger partial charge in [0.15, 0.2) is 11.8 Å². The molecule has 0 fully saturated rings. The number of H-pyrrole nitrogens is 1. The summed E-state index contributed by atoms with van der Waals surface area (Å²) >= 11 is 0. The standard InChI is InChI=1S/C16H14F3N3O2S/c1-10-6-12(24-9-16(17,18)19)7-11(20-10)8-25(23)15-21-13-4-2-3-5-14(13)22-15/h2-7H,8-9H2,1H3,(H,21,22)/t25-/m1/s1. The van der Waals surface area contributed by atoms with Crippen LogP contribution >= 0.6 is 0 Å². The summed E-state index contributed by atoms with van der Waals surface area (Å²) in [6, 6.07) is 10.0. The molecule has 1 aromatic carbocycles. The number of benzene rings is 1. The molecule has 25 heavy (non-hydrogen) atoms. The van der Waals surface area contributed by atoms with Crippen LogP contribution in [0.2, 0.25) is 0 Å². The fourth-order valence-electron chi connectivity index (χ4n) is 2.27. The van der Waals surface area contributed by atoms with E-state index in [-0.39, 0.29) is 11.5 Å². The first-order chi connectivity index (χ1) is 11.8. The van der Waals surface area contributed by atoms with Crippen LogP contribution in [-0.2, 0) is 16.6 Å². The van der Waals surface area contributed by atoms with Gasteiger partial charge in [0.05, 0.1) is 33.3 Å². The zero-order valence-electron chi connectivity index (χ0n) is 13.1. The normalized spacial score (nSPS) is 13.1. The number of imidazole rings is 1. The van der Waals surface area contributed by atoms with Gasteiger partial charge in [0, 0.05) is 17.8 Å². The van der Waals surface area contributed by atoms with Crippen LogP contribution < -0.4 is 4.74 Å². The first kappa shape index (κ1) is 17.4. The predicted octanol–water partition coefficient (Wildman–Crippen LogP) is 3.52. The van der Waals surface area contributed by atoms with Gasteiger partial charge in [-0.05, 0) is 19.1 Å². The van der Waals surface area contributed by atoms with E-state index < -0.39 is 23.6 Å². The van der Waals surface area contributed by atoms with Crippen molar-refractivity contribution in [2.24, 2.45) is 0 Å². The molecule has 1 atom stereocenters. The fraction of sp³-hybridized carbons (Fsp3) is 0.250. The minimum absolute atomic E-state index is 0.0177. The highest BCUT2D eigenvalue weighted by molar-refractivity contribution is 7.84. The molecule has 0 spiro atoms. The SMILES string of the molecule is Cc1cc(OCC(F)(F)F)cc(C[S@@](=O)c2nc3ccccc3[nH]2)n1. The predicted molar refractivity (Wildman–Crippen MR) is 86.7 cm³/mol. The molecule has 0 bridgehead atoms. The Morgan fingerprint density at radius 3 is 2.68 bits per heavy atom. The molecule has 0 saturated carbocycles. The monoisotopic (exact) mass is 369 g/mol. The van der Waals surface area contributed by atoms with Gasteiger partial charge in [-0.25, -0.2) is 4.98 Å². The van der Waals surface area contributed by atoms with Crippen molar-refractivity contribution < 1.29 is 22.1 Å². The van der Waals surface area contributed by atoms with Crippen LogP contribution in [0.1, 0.15) is 11.4 Å². The topological polar surface area (TPSA) is 67.9 Å². The van der Waals surface area contributed by atoms with Crippen molar-refractivity contribution in [3.63, 3.8) is 0 Å². The summed E-state index contributed by atoms with van der Waals surface area (Å²) < 4.78 is 54.0. The lowest BCUT2D eigenvalue weighted by molar-refractivity contribution is -0.153. The van der Waals surface area contributed by atoms with Crippen molar-refractivity contribution in [3.05, 3.63) is 47.8 Å². The summed E-state index contributed by atoms with van der Waals surface area (Å²) in [4.78, 5) is 11.4. The highest BCUT2D eigenvalue weighted by atomic mass is 32.2. The number of alkyl halides is 3. The summed E-state index contributed by atoms with van der Waals surface area (Å²) in [5.41, 5.74) is 2.31. The number of aromatic amines is 1. The Hall–Kier alpha value is -2.42. The van der Waals surface area contributed by atoms with Gasteiger partial charge >= 0.3 is 6.18 Å². The molecule has 0 aliphatic rings. The number of hydrogen-bond donors (Lipinski definition) is 1. The maximum Gasteiger partial charge on any atom is 0.422 e. The second-order valence-corrected chi connectivity index (χ2v) is 6.75. The van der Waals surface area contributed by atoms with E-state index in [1.165, 1.54) is 12.1 Å². The number of para-hydroxylation sites is 2. The number of halogens is 3. The van der Waals surface area contributed by atoms with Crippen LogP contribution in [0, 0.1) is 6.92 Å². The third-order valence-electron chi connectivity index (χ3n) is 3.24. The Kier molecular flexibility index (Phi) is 4.76. The first-order valence-corrected chi connectivity index (χ1v) is 8.62. The van der Waals surface area contributed by atoms with Crippen molar-refractivity contribution in [2.75, 3.05) is 6.61 Å². The van der Waals surface area contributed by atoms with E-state index in [9.17, 15) is 17.4 Å². The summed E-state index contributed by atoms with van der Waals surface area (Å²) in [6.07, 6.45) is -4.42. The van der Waals surface area contributed by atoms with Crippen LogP contribution in [0.3, 0.4) is 0 Å². The molecule has 132 valence electrons. The zero-order chi connectivity index (χ0) is 18.0. The van der Waals surface area contributed by atoms with Gasteiger partial charge in [-0.3, -0.25) is 9.19 Å². The van der Waals surface area contributed by atoms with E-state index in [1.54, 1.807) is 13.0 Å². The van der Waals surface area contributed by atoms with Crippen LogP contribution in [0.25, 0.3) is 11.0 Å². The first-order valence-electron chi connectivity index (χ1n) is 7.30.